The Labute approximate surface area is 124 Å². The first-order valence-electron chi connectivity index (χ1n) is 6.30. The van der Waals surface area contributed by atoms with Gasteiger partial charge in [-0.3, -0.25) is 4.21 Å². The van der Waals surface area contributed by atoms with Crippen LogP contribution in [0, 0.1) is 13.8 Å². The second-order valence-corrected chi connectivity index (χ2v) is 7.26. The molecule has 0 saturated heterocycles. The molecule has 5 heteroatoms. The van der Waals surface area contributed by atoms with E-state index >= 15 is 0 Å². The summed E-state index contributed by atoms with van der Waals surface area (Å²) >= 11 is 1.61. The van der Waals surface area contributed by atoms with Crippen molar-refractivity contribution in [3.8, 4) is 0 Å². The van der Waals surface area contributed by atoms with Gasteiger partial charge in [-0.15, -0.1) is 11.3 Å². The zero-order valence-corrected chi connectivity index (χ0v) is 12.9. The van der Waals surface area contributed by atoms with E-state index in [0.29, 0.717) is 10.8 Å². The number of benzene rings is 1. The molecule has 0 N–H and O–H groups in total. The number of hydrogen-bond donors (Lipinski definition) is 0. The summed E-state index contributed by atoms with van der Waals surface area (Å²) in [6.07, 6.45) is 0. The topological polar surface area (TPSA) is 42.9 Å². The van der Waals surface area contributed by atoms with E-state index in [2.05, 4.69) is 9.97 Å². The molecule has 20 heavy (non-hydrogen) atoms. The van der Waals surface area contributed by atoms with Crippen LogP contribution in [0.25, 0.3) is 10.9 Å². The molecule has 2 heterocycles. The number of nitrogens with zero attached hydrogens (tertiary/aromatic N) is 2. The van der Waals surface area contributed by atoms with Gasteiger partial charge in [0.2, 0.25) is 0 Å². The number of thiazole rings is 1. The van der Waals surface area contributed by atoms with Crippen molar-refractivity contribution in [2.45, 2.75) is 24.6 Å². The summed E-state index contributed by atoms with van der Waals surface area (Å²) < 4.78 is 12.4. The first kappa shape index (κ1) is 13.4. The molecule has 0 bridgehead atoms. The number of fused-ring (bicyclic) bond motifs is 1. The Balaban J connectivity index is 1.90. The highest BCUT2D eigenvalue weighted by Crippen LogP contribution is 2.22. The molecule has 0 aliphatic heterocycles. The molecule has 0 radical (unpaired) electrons. The van der Waals surface area contributed by atoms with Crippen molar-refractivity contribution in [3.05, 3.63) is 52.0 Å². The Morgan fingerprint density at radius 2 is 1.90 bits per heavy atom. The standard InChI is InChI=1S/C15H14N2OS2/c1-10-14(19-11(2)16-10)9-20(18)15-8-7-12-5-3-4-6-13(12)17-15/h3-8H,9H2,1-2H3/t20-/m0/s1. The lowest BCUT2D eigenvalue weighted by atomic mass is 10.2. The first-order valence-corrected chi connectivity index (χ1v) is 8.44. The van der Waals surface area contributed by atoms with Gasteiger partial charge in [0.25, 0.3) is 0 Å². The van der Waals surface area contributed by atoms with Crippen LogP contribution in [0.15, 0.2) is 41.4 Å². The highest BCUT2D eigenvalue weighted by atomic mass is 32.2. The van der Waals surface area contributed by atoms with Crippen LogP contribution in [-0.4, -0.2) is 14.2 Å². The van der Waals surface area contributed by atoms with Crippen molar-refractivity contribution in [3.63, 3.8) is 0 Å². The first-order chi connectivity index (χ1) is 9.63. The Bertz CT molecular complexity index is 795. The molecule has 3 nitrogen and oxygen atoms in total. The maximum absolute atomic E-state index is 12.4. The van der Waals surface area contributed by atoms with E-state index in [1.54, 1.807) is 11.3 Å². The molecule has 2 aromatic heterocycles. The van der Waals surface area contributed by atoms with Gasteiger partial charge in [-0.05, 0) is 26.0 Å². The van der Waals surface area contributed by atoms with Gasteiger partial charge < -0.3 is 0 Å². The van der Waals surface area contributed by atoms with Crippen molar-refractivity contribution in [2.75, 3.05) is 0 Å². The maximum atomic E-state index is 12.4. The zero-order valence-electron chi connectivity index (χ0n) is 11.3. The van der Waals surface area contributed by atoms with E-state index in [1.807, 2.05) is 50.2 Å². The van der Waals surface area contributed by atoms with Crippen molar-refractivity contribution in [1.82, 2.24) is 9.97 Å². The normalized spacial score (nSPS) is 12.7. The lowest BCUT2D eigenvalue weighted by Crippen LogP contribution is -1.99. The summed E-state index contributed by atoms with van der Waals surface area (Å²) in [6, 6.07) is 11.7. The fourth-order valence-electron chi connectivity index (χ4n) is 2.07. The number of rotatable bonds is 3. The fraction of sp³-hybridized carbons (Fsp3) is 0.200. The van der Waals surface area contributed by atoms with E-state index in [1.165, 1.54) is 0 Å². The molecule has 3 rings (SSSR count). The van der Waals surface area contributed by atoms with Crippen molar-refractivity contribution in [2.24, 2.45) is 0 Å². The molecule has 3 aromatic rings. The molecule has 0 fully saturated rings. The third-order valence-electron chi connectivity index (χ3n) is 3.07. The molecule has 1 aromatic carbocycles. The third-order valence-corrected chi connectivity index (χ3v) is 5.57. The highest BCUT2D eigenvalue weighted by Gasteiger charge is 2.12. The van der Waals surface area contributed by atoms with Gasteiger partial charge in [-0.25, -0.2) is 9.97 Å². The fourth-order valence-corrected chi connectivity index (χ4v) is 4.38. The number of para-hydroxylation sites is 1. The predicted molar refractivity (Wildman–Crippen MR) is 83.4 cm³/mol. The van der Waals surface area contributed by atoms with Crippen molar-refractivity contribution >= 4 is 33.0 Å². The van der Waals surface area contributed by atoms with Crippen LogP contribution in [0.3, 0.4) is 0 Å². The van der Waals surface area contributed by atoms with Crippen LogP contribution in [0.1, 0.15) is 15.6 Å². The molecule has 0 aliphatic rings. The predicted octanol–water partition coefficient (Wildman–Crippen LogP) is 3.62. The number of aryl methyl sites for hydroxylation is 2. The van der Waals surface area contributed by atoms with E-state index < -0.39 is 10.8 Å². The highest BCUT2D eigenvalue weighted by molar-refractivity contribution is 7.84. The van der Waals surface area contributed by atoms with E-state index in [9.17, 15) is 4.21 Å². The van der Waals surface area contributed by atoms with Crippen LogP contribution in [0.4, 0.5) is 0 Å². The van der Waals surface area contributed by atoms with Gasteiger partial charge in [0, 0.05) is 10.3 Å². The van der Waals surface area contributed by atoms with E-state index in [-0.39, 0.29) is 0 Å². The summed E-state index contributed by atoms with van der Waals surface area (Å²) in [5.74, 6) is 0.489. The van der Waals surface area contributed by atoms with Crippen LogP contribution in [0.2, 0.25) is 0 Å². The van der Waals surface area contributed by atoms with Gasteiger partial charge >= 0.3 is 0 Å². The molecule has 0 amide bonds. The average molecular weight is 302 g/mol. The molecule has 102 valence electrons. The maximum Gasteiger partial charge on any atom is 0.128 e. The molecule has 0 saturated carbocycles. The quantitative estimate of drug-likeness (QED) is 0.742. The molecular formula is C15H14N2OS2. The van der Waals surface area contributed by atoms with E-state index in [4.69, 9.17) is 0 Å². The van der Waals surface area contributed by atoms with E-state index in [0.717, 1.165) is 26.5 Å². The molecule has 0 spiro atoms. The Hall–Kier alpha value is -1.59. The Morgan fingerprint density at radius 3 is 2.65 bits per heavy atom. The van der Waals surface area contributed by atoms with Crippen molar-refractivity contribution in [1.29, 1.82) is 0 Å². The summed E-state index contributed by atoms with van der Waals surface area (Å²) in [4.78, 5) is 9.94. The summed E-state index contributed by atoms with van der Waals surface area (Å²) in [7, 11) is -1.13. The zero-order chi connectivity index (χ0) is 14.1. The second kappa shape index (κ2) is 5.42. The van der Waals surface area contributed by atoms with Gasteiger partial charge in [-0.2, -0.15) is 0 Å². The third kappa shape index (κ3) is 2.64. The van der Waals surface area contributed by atoms with Crippen LogP contribution < -0.4 is 0 Å². The lowest BCUT2D eigenvalue weighted by Gasteiger charge is -2.03. The SMILES string of the molecule is Cc1nc(C)c(C[S@](=O)c2ccc3ccccc3n2)s1. The Kier molecular flexibility index (Phi) is 3.63. The molecule has 1 atom stereocenters. The van der Waals surface area contributed by atoms with Gasteiger partial charge in [0.15, 0.2) is 0 Å². The average Bonchev–Trinajstić information content (AvgIpc) is 2.76. The minimum atomic E-state index is -1.13. The van der Waals surface area contributed by atoms with Crippen LogP contribution >= 0.6 is 11.3 Å². The number of pyridine rings is 1. The molecular weight excluding hydrogens is 288 g/mol. The molecule has 0 unspecified atom stereocenters. The van der Waals surface area contributed by atoms with Crippen LogP contribution in [0.5, 0.6) is 0 Å². The van der Waals surface area contributed by atoms with Gasteiger partial charge in [0.05, 0.1) is 32.8 Å². The summed E-state index contributed by atoms with van der Waals surface area (Å²) in [5, 5.41) is 2.72. The number of hydrogen-bond acceptors (Lipinski definition) is 4. The minimum Gasteiger partial charge on any atom is -0.252 e. The van der Waals surface area contributed by atoms with Crippen molar-refractivity contribution < 1.29 is 4.21 Å². The summed E-state index contributed by atoms with van der Waals surface area (Å²) in [5.41, 5.74) is 1.86. The largest absolute Gasteiger partial charge is 0.252 e. The van der Waals surface area contributed by atoms with Crippen LogP contribution in [-0.2, 0) is 16.6 Å². The minimum absolute atomic E-state index is 0.489. The summed E-state index contributed by atoms with van der Waals surface area (Å²) in [6.45, 7) is 3.93. The monoisotopic (exact) mass is 302 g/mol. The van der Waals surface area contributed by atoms with Gasteiger partial charge in [-0.1, -0.05) is 24.3 Å². The van der Waals surface area contributed by atoms with Gasteiger partial charge in [0.1, 0.15) is 5.03 Å². The number of aromatic nitrogens is 2. The second-order valence-electron chi connectivity index (χ2n) is 4.57. The smallest absolute Gasteiger partial charge is 0.128 e. The lowest BCUT2D eigenvalue weighted by molar-refractivity contribution is 0.680. The Morgan fingerprint density at radius 1 is 1.10 bits per heavy atom. The molecule has 0 aliphatic carbocycles.